The van der Waals surface area contributed by atoms with Crippen molar-refractivity contribution in [1.82, 2.24) is 19.7 Å². The molecule has 5 heteroatoms. The van der Waals surface area contributed by atoms with E-state index in [1.165, 1.54) is 0 Å². The fourth-order valence-corrected chi connectivity index (χ4v) is 1.62. The van der Waals surface area contributed by atoms with E-state index in [0.717, 1.165) is 29.3 Å². The predicted octanol–water partition coefficient (Wildman–Crippen LogP) is 0.620. The molecule has 0 bridgehead atoms. The SMILES string of the molecule is Cc1cc(-c2cnc(CCN)[nH]2)n(C)n1. The molecule has 2 heterocycles. The van der Waals surface area contributed by atoms with Gasteiger partial charge in [-0.2, -0.15) is 5.10 Å². The Morgan fingerprint density at radius 2 is 2.33 bits per heavy atom. The lowest BCUT2D eigenvalue weighted by Crippen LogP contribution is -2.03. The highest BCUT2D eigenvalue weighted by Gasteiger charge is 2.07. The third-order valence-electron chi connectivity index (χ3n) is 2.29. The number of aromatic nitrogens is 4. The molecule has 0 saturated carbocycles. The number of nitrogens with two attached hydrogens (primary N) is 1. The minimum absolute atomic E-state index is 0.609. The molecule has 0 unspecified atom stereocenters. The fraction of sp³-hybridized carbons (Fsp3) is 0.400. The first-order valence-electron chi connectivity index (χ1n) is 4.95. The Balaban J connectivity index is 2.32. The van der Waals surface area contributed by atoms with E-state index in [9.17, 15) is 0 Å². The van der Waals surface area contributed by atoms with Crippen LogP contribution in [0.1, 0.15) is 11.5 Å². The Morgan fingerprint density at radius 3 is 2.93 bits per heavy atom. The molecule has 5 nitrogen and oxygen atoms in total. The molecule has 15 heavy (non-hydrogen) atoms. The molecule has 0 spiro atoms. The summed E-state index contributed by atoms with van der Waals surface area (Å²) in [6.45, 7) is 2.58. The van der Waals surface area contributed by atoms with Gasteiger partial charge in [-0.05, 0) is 19.5 Å². The van der Waals surface area contributed by atoms with Crippen molar-refractivity contribution in [2.45, 2.75) is 13.3 Å². The maximum Gasteiger partial charge on any atom is 0.107 e. The molecule has 0 aliphatic heterocycles. The monoisotopic (exact) mass is 205 g/mol. The minimum Gasteiger partial charge on any atom is -0.341 e. The molecule has 2 rings (SSSR count). The van der Waals surface area contributed by atoms with Crippen LogP contribution in [0.2, 0.25) is 0 Å². The van der Waals surface area contributed by atoms with Gasteiger partial charge >= 0.3 is 0 Å². The average molecular weight is 205 g/mol. The van der Waals surface area contributed by atoms with Crippen molar-refractivity contribution in [1.29, 1.82) is 0 Å². The molecule has 80 valence electrons. The summed E-state index contributed by atoms with van der Waals surface area (Å²) in [5.74, 6) is 0.923. The third-order valence-corrected chi connectivity index (χ3v) is 2.29. The Labute approximate surface area is 88.3 Å². The van der Waals surface area contributed by atoms with Gasteiger partial charge in [0.1, 0.15) is 5.82 Å². The van der Waals surface area contributed by atoms with E-state index < -0.39 is 0 Å². The molecule has 0 radical (unpaired) electrons. The van der Waals surface area contributed by atoms with E-state index in [4.69, 9.17) is 5.73 Å². The van der Waals surface area contributed by atoms with Crippen LogP contribution in [0.5, 0.6) is 0 Å². The van der Waals surface area contributed by atoms with Gasteiger partial charge in [-0.25, -0.2) is 4.98 Å². The summed E-state index contributed by atoms with van der Waals surface area (Å²) in [4.78, 5) is 7.49. The highest BCUT2D eigenvalue weighted by molar-refractivity contribution is 5.54. The van der Waals surface area contributed by atoms with Crippen molar-refractivity contribution in [2.75, 3.05) is 6.54 Å². The lowest BCUT2D eigenvalue weighted by atomic mass is 10.3. The van der Waals surface area contributed by atoms with Gasteiger partial charge in [0, 0.05) is 13.5 Å². The molecule has 2 aromatic heterocycles. The van der Waals surface area contributed by atoms with Crippen molar-refractivity contribution in [2.24, 2.45) is 12.8 Å². The van der Waals surface area contributed by atoms with Gasteiger partial charge in [-0.3, -0.25) is 4.68 Å². The maximum atomic E-state index is 5.46. The Kier molecular flexibility index (Phi) is 2.55. The maximum absolute atomic E-state index is 5.46. The van der Waals surface area contributed by atoms with Crippen LogP contribution in [0.25, 0.3) is 11.4 Å². The van der Waals surface area contributed by atoms with Crippen LogP contribution in [0, 0.1) is 6.92 Å². The molecular formula is C10H15N5. The largest absolute Gasteiger partial charge is 0.341 e. The second-order valence-corrected chi connectivity index (χ2v) is 3.58. The second-order valence-electron chi connectivity index (χ2n) is 3.58. The van der Waals surface area contributed by atoms with E-state index in [0.29, 0.717) is 6.54 Å². The summed E-state index contributed by atoms with van der Waals surface area (Å²) in [5.41, 5.74) is 8.50. The van der Waals surface area contributed by atoms with Gasteiger partial charge in [0.15, 0.2) is 0 Å². The molecule has 2 aromatic rings. The molecule has 0 amide bonds. The lowest BCUT2D eigenvalue weighted by Gasteiger charge is -1.96. The van der Waals surface area contributed by atoms with Crippen molar-refractivity contribution in [3.05, 3.63) is 23.8 Å². The Hall–Kier alpha value is -1.62. The smallest absolute Gasteiger partial charge is 0.107 e. The van der Waals surface area contributed by atoms with Gasteiger partial charge in [0.05, 0.1) is 23.3 Å². The molecule has 0 aromatic carbocycles. The number of hydrogen-bond donors (Lipinski definition) is 2. The number of hydrogen-bond acceptors (Lipinski definition) is 3. The Morgan fingerprint density at radius 1 is 1.53 bits per heavy atom. The normalized spacial score (nSPS) is 10.9. The minimum atomic E-state index is 0.609. The average Bonchev–Trinajstić information content (AvgIpc) is 2.73. The van der Waals surface area contributed by atoms with Crippen LogP contribution < -0.4 is 5.73 Å². The van der Waals surface area contributed by atoms with Gasteiger partial charge < -0.3 is 10.7 Å². The molecule has 0 saturated heterocycles. The van der Waals surface area contributed by atoms with Crippen LogP contribution >= 0.6 is 0 Å². The van der Waals surface area contributed by atoms with E-state index in [1.807, 2.05) is 30.9 Å². The topological polar surface area (TPSA) is 72.5 Å². The quantitative estimate of drug-likeness (QED) is 0.771. The highest BCUT2D eigenvalue weighted by atomic mass is 15.3. The van der Waals surface area contributed by atoms with Crippen LogP contribution in [0.3, 0.4) is 0 Å². The van der Waals surface area contributed by atoms with Gasteiger partial charge in [0.2, 0.25) is 0 Å². The molecular weight excluding hydrogens is 190 g/mol. The van der Waals surface area contributed by atoms with Crippen LogP contribution in [-0.4, -0.2) is 26.3 Å². The molecule has 0 atom stereocenters. The number of rotatable bonds is 3. The fourth-order valence-electron chi connectivity index (χ4n) is 1.62. The zero-order valence-electron chi connectivity index (χ0n) is 8.99. The number of aromatic amines is 1. The van der Waals surface area contributed by atoms with Crippen molar-refractivity contribution in [3.8, 4) is 11.4 Å². The van der Waals surface area contributed by atoms with Gasteiger partial charge in [0.25, 0.3) is 0 Å². The van der Waals surface area contributed by atoms with E-state index >= 15 is 0 Å². The summed E-state index contributed by atoms with van der Waals surface area (Å²) in [6.07, 6.45) is 2.60. The van der Waals surface area contributed by atoms with Crippen molar-refractivity contribution < 1.29 is 0 Å². The highest BCUT2D eigenvalue weighted by Crippen LogP contribution is 2.17. The molecule has 0 aliphatic carbocycles. The predicted molar refractivity (Wildman–Crippen MR) is 58.3 cm³/mol. The standard InChI is InChI=1S/C10H15N5/c1-7-5-9(15(2)14-7)8-6-12-10(13-8)3-4-11/h5-6H,3-4,11H2,1-2H3,(H,12,13). The summed E-state index contributed by atoms with van der Waals surface area (Å²) >= 11 is 0. The Bertz CT molecular complexity index is 454. The zero-order chi connectivity index (χ0) is 10.8. The summed E-state index contributed by atoms with van der Waals surface area (Å²) < 4.78 is 1.84. The lowest BCUT2D eigenvalue weighted by molar-refractivity contribution is 0.762. The molecule has 0 aliphatic rings. The first kappa shape index (κ1) is 9.92. The zero-order valence-corrected chi connectivity index (χ0v) is 8.99. The molecule has 3 N–H and O–H groups in total. The van der Waals surface area contributed by atoms with Gasteiger partial charge in [-0.1, -0.05) is 0 Å². The van der Waals surface area contributed by atoms with Gasteiger partial charge in [-0.15, -0.1) is 0 Å². The van der Waals surface area contributed by atoms with E-state index in [1.54, 1.807) is 0 Å². The first-order chi connectivity index (χ1) is 7.20. The van der Waals surface area contributed by atoms with Crippen LogP contribution in [0.15, 0.2) is 12.3 Å². The number of imidazole rings is 1. The number of nitrogens with zero attached hydrogens (tertiary/aromatic N) is 3. The van der Waals surface area contributed by atoms with Crippen molar-refractivity contribution >= 4 is 0 Å². The summed E-state index contributed by atoms with van der Waals surface area (Å²) in [7, 11) is 1.92. The van der Waals surface area contributed by atoms with E-state index in [-0.39, 0.29) is 0 Å². The number of aryl methyl sites for hydroxylation is 2. The third kappa shape index (κ3) is 1.92. The summed E-state index contributed by atoms with van der Waals surface area (Å²) in [5, 5.41) is 4.29. The van der Waals surface area contributed by atoms with Crippen molar-refractivity contribution in [3.63, 3.8) is 0 Å². The summed E-state index contributed by atoms with van der Waals surface area (Å²) in [6, 6.07) is 2.03. The second kappa shape index (κ2) is 3.86. The van der Waals surface area contributed by atoms with Crippen LogP contribution in [-0.2, 0) is 13.5 Å². The van der Waals surface area contributed by atoms with Crippen LogP contribution in [0.4, 0.5) is 0 Å². The number of H-pyrrole nitrogens is 1. The van der Waals surface area contributed by atoms with E-state index in [2.05, 4.69) is 15.1 Å². The number of nitrogens with one attached hydrogen (secondary N) is 1. The molecule has 0 fully saturated rings. The first-order valence-corrected chi connectivity index (χ1v) is 4.95.